The summed E-state index contributed by atoms with van der Waals surface area (Å²) < 4.78 is 44.9. The summed E-state index contributed by atoms with van der Waals surface area (Å²) in [4.78, 5) is 12.9. The zero-order valence-corrected chi connectivity index (χ0v) is 18.1. The summed E-state index contributed by atoms with van der Waals surface area (Å²) in [5.41, 5.74) is 0.893. The van der Waals surface area contributed by atoms with Crippen LogP contribution in [0.4, 0.5) is 10.1 Å². The van der Waals surface area contributed by atoms with Crippen LogP contribution >= 0.6 is 11.6 Å². The Bertz CT molecular complexity index is 969. The molecule has 0 bridgehead atoms. The lowest BCUT2D eigenvalue weighted by Crippen LogP contribution is -2.49. The van der Waals surface area contributed by atoms with Gasteiger partial charge in [-0.2, -0.15) is 0 Å². The Kier molecular flexibility index (Phi) is 7.87. The van der Waals surface area contributed by atoms with Crippen LogP contribution in [0.5, 0.6) is 5.75 Å². The molecule has 0 aliphatic carbocycles. The molecule has 6 nitrogen and oxygen atoms in total. The van der Waals surface area contributed by atoms with Gasteiger partial charge in [0.15, 0.2) is 0 Å². The van der Waals surface area contributed by atoms with E-state index in [-0.39, 0.29) is 23.7 Å². The molecule has 1 amide bonds. The van der Waals surface area contributed by atoms with Crippen molar-refractivity contribution in [3.05, 3.63) is 58.9 Å². The molecule has 9 heteroatoms. The number of anilines is 1. The molecule has 0 aliphatic heterocycles. The summed E-state index contributed by atoms with van der Waals surface area (Å²) in [5, 5.41) is 2.54. The number of benzene rings is 2. The number of carbonyl (C=O) groups excluding carboxylic acids is 1. The normalized spacial score (nSPS) is 12.3. The zero-order valence-electron chi connectivity index (χ0n) is 16.5. The third kappa shape index (κ3) is 5.83. The molecule has 0 saturated heterocycles. The highest BCUT2D eigenvalue weighted by molar-refractivity contribution is 7.92. The van der Waals surface area contributed by atoms with Crippen LogP contribution in [0.3, 0.4) is 0 Å². The Balaban J connectivity index is 2.28. The number of hydrogen-bond donors (Lipinski definition) is 1. The highest BCUT2D eigenvalue weighted by Crippen LogP contribution is 2.27. The fourth-order valence-corrected chi connectivity index (χ4v) is 4.31. The number of sulfonamides is 1. The summed E-state index contributed by atoms with van der Waals surface area (Å²) in [6, 6.07) is 9.79. The topological polar surface area (TPSA) is 75.7 Å². The van der Waals surface area contributed by atoms with Gasteiger partial charge in [0, 0.05) is 12.1 Å². The monoisotopic (exact) mass is 442 g/mol. The molecule has 0 spiro atoms. The van der Waals surface area contributed by atoms with Gasteiger partial charge in [-0.1, -0.05) is 36.7 Å². The van der Waals surface area contributed by atoms with Crippen molar-refractivity contribution in [3.63, 3.8) is 0 Å². The largest absolute Gasteiger partial charge is 0.494 e. The molecule has 0 heterocycles. The average molecular weight is 443 g/mol. The first-order valence-corrected chi connectivity index (χ1v) is 11.3. The number of para-hydroxylation sites is 1. The Morgan fingerprint density at radius 1 is 1.24 bits per heavy atom. The molecule has 2 rings (SSSR count). The number of nitrogens with one attached hydrogen (secondary N) is 1. The maximum Gasteiger partial charge on any atom is 0.244 e. The van der Waals surface area contributed by atoms with Gasteiger partial charge >= 0.3 is 0 Å². The van der Waals surface area contributed by atoms with Crippen molar-refractivity contribution in [3.8, 4) is 5.75 Å². The predicted octanol–water partition coefficient (Wildman–Crippen LogP) is 3.74. The second-order valence-corrected chi connectivity index (χ2v) is 8.61. The number of rotatable bonds is 9. The first-order chi connectivity index (χ1) is 13.7. The molecular weight excluding hydrogens is 419 g/mol. The molecule has 0 fully saturated rings. The van der Waals surface area contributed by atoms with Crippen LogP contribution in [0.15, 0.2) is 42.5 Å². The number of ether oxygens (including phenoxy) is 1. The van der Waals surface area contributed by atoms with Crippen LogP contribution in [0.25, 0.3) is 0 Å². The molecule has 2 aromatic carbocycles. The molecule has 0 aromatic heterocycles. The van der Waals surface area contributed by atoms with Gasteiger partial charge < -0.3 is 10.1 Å². The van der Waals surface area contributed by atoms with E-state index >= 15 is 0 Å². The van der Waals surface area contributed by atoms with Crippen molar-refractivity contribution in [2.45, 2.75) is 32.9 Å². The van der Waals surface area contributed by atoms with E-state index in [2.05, 4.69) is 5.32 Å². The number of carbonyl (C=O) groups is 1. The predicted molar refractivity (Wildman–Crippen MR) is 112 cm³/mol. The lowest BCUT2D eigenvalue weighted by Gasteiger charge is -2.30. The average Bonchev–Trinajstić information content (AvgIpc) is 2.66. The summed E-state index contributed by atoms with van der Waals surface area (Å²) in [7, 11) is -3.84. The molecule has 158 valence electrons. The van der Waals surface area contributed by atoms with Gasteiger partial charge in [0.1, 0.15) is 17.6 Å². The molecule has 0 radical (unpaired) electrons. The Hall–Kier alpha value is -2.32. The molecule has 0 aliphatic rings. The molecule has 2 aromatic rings. The van der Waals surface area contributed by atoms with Crippen molar-refractivity contribution in [1.82, 2.24) is 5.32 Å². The van der Waals surface area contributed by atoms with Crippen molar-refractivity contribution in [1.29, 1.82) is 0 Å². The van der Waals surface area contributed by atoms with E-state index < -0.39 is 27.8 Å². The summed E-state index contributed by atoms with van der Waals surface area (Å²) >= 11 is 5.81. The minimum absolute atomic E-state index is 0.121. The van der Waals surface area contributed by atoms with Crippen LogP contribution in [-0.4, -0.2) is 33.2 Å². The quantitative estimate of drug-likeness (QED) is 0.641. The summed E-state index contributed by atoms with van der Waals surface area (Å²) in [6.45, 7) is 4.21. The van der Waals surface area contributed by atoms with Gasteiger partial charge in [-0.15, -0.1) is 0 Å². The molecule has 1 atom stereocenters. The summed E-state index contributed by atoms with van der Waals surface area (Å²) in [6.07, 6.45) is 1.20. The SMILES string of the molecule is CCOc1ccccc1CNC(=O)C(CC)N(c1ccc(F)c(Cl)c1)S(C)(=O)=O. The zero-order chi connectivity index (χ0) is 21.6. The first-order valence-electron chi connectivity index (χ1n) is 9.11. The Morgan fingerprint density at radius 3 is 2.52 bits per heavy atom. The van der Waals surface area contributed by atoms with Crippen LogP contribution in [0.1, 0.15) is 25.8 Å². The smallest absolute Gasteiger partial charge is 0.244 e. The highest BCUT2D eigenvalue weighted by atomic mass is 35.5. The molecule has 0 saturated carbocycles. The maximum absolute atomic E-state index is 13.5. The first kappa shape index (κ1) is 23.0. The van der Waals surface area contributed by atoms with E-state index in [4.69, 9.17) is 16.3 Å². The lowest BCUT2D eigenvalue weighted by atomic mass is 10.1. The van der Waals surface area contributed by atoms with Crippen molar-refractivity contribution < 1.29 is 22.3 Å². The Morgan fingerprint density at radius 2 is 1.93 bits per heavy atom. The third-order valence-corrected chi connectivity index (χ3v) is 5.68. The fourth-order valence-electron chi connectivity index (χ4n) is 2.93. The van der Waals surface area contributed by atoms with E-state index in [0.717, 1.165) is 22.2 Å². The van der Waals surface area contributed by atoms with Crippen molar-refractivity contribution >= 4 is 33.2 Å². The highest BCUT2D eigenvalue weighted by Gasteiger charge is 2.31. The van der Waals surface area contributed by atoms with E-state index in [9.17, 15) is 17.6 Å². The van der Waals surface area contributed by atoms with Gasteiger partial charge in [-0.3, -0.25) is 9.10 Å². The van der Waals surface area contributed by atoms with Crippen LogP contribution < -0.4 is 14.4 Å². The van der Waals surface area contributed by atoms with E-state index in [1.165, 1.54) is 12.1 Å². The fraction of sp³-hybridized carbons (Fsp3) is 0.350. The standard InChI is InChI=1S/C20H24ClFN2O4S/c1-4-18(20(25)23-13-14-8-6-7-9-19(14)28-5-2)24(29(3,26)27)15-10-11-17(22)16(21)12-15/h6-12,18H,4-5,13H2,1-3H3,(H,23,25). The minimum Gasteiger partial charge on any atom is -0.494 e. The maximum atomic E-state index is 13.5. The van der Waals surface area contributed by atoms with Crippen LogP contribution in [0, 0.1) is 5.82 Å². The molecular formula is C20H24ClFN2O4S. The van der Waals surface area contributed by atoms with Gasteiger partial charge in [0.05, 0.1) is 23.6 Å². The summed E-state index contributed by atoms with van der Waals surface area (Å²) in [5.74, 6) is -0.507. The van der Waals surface area contributed by atoms with Crippen molar-refractivity contribution in [2.75, 3.05) is 17.2 Å². The minimum atomic E-state index is -3.84. The molecule has 1 N–H and O–H groups in total. The van der Waals surface area contributed by atoms with Gasteiger partial charge in [-0.05, 0) is 37.6 Å². The number of nitrogens with zero attached hydrogens (tertiary/aromatic N) is 1. The van der Waals surface area contributed by atoms with E-state index in [1.807, 2.05) is 25.1 Å². The molecule has 1 unspecified atom stereocenters. The van der Waals surface area contributed by atoms with Crippen molar-refractivity contribution in [2.24, 2.45) is 0 Å². The number of halogens is 2. The number of hydrogen-bond acceptors (Lipinski definition) is 4. The second-order valence-electron chi connectivity index (χ2n) is 6.34. The Labute approximate surface area is 175 Å². The molecule has 29 heavy (non-hydrogen) atoms. The van der Waals surface area contributed by atoms with Gasteiger partial charge in [0.25, 0.3) is 0 Å². The van der Waals surface area contributed by atoms with Gasteiger partial charge in [-0.25, -0.2) is 12.8 Å². The lowest BCUT2D eigenvalue weighted by molar-refractivity contribution is -0.122. The van der Waals surface area contributed by atoms with E-state index in [1.54, 1.807) is 13.0 Å². The van der Waals surface area contributed by atoms with Crippen LogP contribution in [-0.2, 0) is 21.4 Å². The third-order valence-electron chi connectivity index (χ3n) is 4.21. The second kappa shape index (κ2) is 9.93. The van der Waals surface area contributed by atoms with E-state index in [0.29, 0.717) is 12.4 Å². The number of amides is 1. The van der Waals surface area contributed by atoms with Gasteiger partial charge in [0.2, 0.25) is 15.9 Å². The van der Waals surface area contributed by atoms with Crippen LogP contribution in [0.2, 0.25) is 5.02 Å².